The number of amides is 2. The van der Waals surface area contributed by atoms with E-state index < -0.39 is 6.04 Å². The van der Waals surface area contributed by atoms with E-state index in [-0.39, 0.29) is 11.8 Å². The molecular weight excluding hydrogens is 290 g/mol. The molecule has 1 aromatic heterocycles. The normalized spacial score (nSPS) is 19.3. The monoisotopic (exact) mass is 305 g/mol. The third-order valence-electron chi connectivity index (χ3n) is 3.86. The van der Waals surface area contributed by atoms with Gasteiger partial charge in [-0.2, -0.15) is 0 Å². The first-order valence-electron chi connectivity index (χ1n) is 6.61. The number of piperidine rings is 1. The number of hydrogen-bond acceptors (Lipinski definition) is 4. The topological polar surface area (TPSA) is 67.3 Å². The molecule has 0 radical (unpaired) electrons. The smallest absolute Gasteiger partial charge is 0.252 e. The lowest BCUT2D eigenvalue weighted by atomic mass is 10.0. The molecule has 0 bridgehead atoms. The van der Waals surface area contributed by atoms with Crippen LogP contribution < -0.4 is 4.74 Å². The van der Waals surface area contributed by atoms with Crippen LogP contribution in [0.5, 0.6) is 5.75 Å². The number of aromatic nitrogens is 2. The fourth-order valence-corrected chi connectivity index (χ4v) is 3.02. The van der Waals surface area contributed by atoms with Crippen molar-refractivity contribution in [3.63, 3.8) is 0 Å². The Morgan fingerprint density at radius 2 is 2.14 bits per heavy atom. The Balaban J connectivity index is 2.12. The van der Waals surface area contributed by atoms with Gasteiger partial charge in [-0.05, 0) is 30.8 Å². The van der Waals surface area contributed by atoms with Gasteiger partial charge in [-0.3, -0.25) is 14.5 Å². The SMILES string of the molecule is COc1ccc2c(c1)[nH]c(=S)n2C1CCC(=O)N(C)C1=O. The third kappa shape index (κ3) is 2.13. The first-order valence-corrected chi connectivity index (χ1v) is 7.02. The molecule has 3 rings (SSSR count). The van der Waals surface area contributed by atoms with E-state index in [1.54, 1.807) is 11.7 Å². The number of H-pyrrole nitrogens is 1. The highest BCUT2D eigenvalue weighted by Gasteiger charge is 2.34. The maximum Gasteiger partial charge on any atom is 0.252 e. The first kappa shape index (κ1) is 13.8. The van der Waals surface area contributed by atoms with Gasteiger partial charge < -0.3 is 14.3 Å². The van der Waals surface area contributed by atoms with Crippen LogP contribution in [-0.2, 0) is 9.59 Å². The molecule has 0 aliphatic carbocycles. The van der Waals surface area contributed by atoms with Crippen LogP contribution in [0.1, 0.15) is 18.9 Å². The van der Waals surface area contributed by atoms with Crippen LogP contribution in [0.15, 0.2) is 18.2 Å². The zero-order chi connectivity index (χ0) is 15.1. The Hall–Kier alpha value is -2.15. The first-order chi connectivity index (χ1) is 10.0. The molecule has 6 nitrogen and oxygen atoms in total. The van der Waals surface area contributed by atoms with E-state index in [1.807, 2.05) is 18.2 Å². The molecule has 1 aromatic carbocycles. The molecule has 2 aromatic rings. The van der Waals surface area contributed by atoms with E-state index in [0.717, 1.165) is 11.0 Å². The fraction of sp³-hybridized carbons (Fsp3) is 0.357. The number of carbonyl (C=O) groups is 2. The Kier molecular flexibility index (Phi) is 3.29. The van der Waals surface area contributed by atoms with Gasteiger partial charge in [0.25, 0.3) is 5.91 Å². The fourth-order valence-electron chi connectivity index (χ4n) is 2.68. The number of carbonyl (C=O) groups excluding carboxylic acids is 2. The second-order valence-electron chi connectivity index (χ2n) is 5.03. The van der Waals surface area contributed by atoms with Gasteiger partial charge in [0.1, 0.15) is 11.8 Å². The predicted octanol–water partition coefficient (Wildman–Crippen LogP) is 2.03. The second kappa shape index (κ2) is 5.00. The van der Waals surface area contributed by atoms with Crippen LogP contribution in [0.3, 0.4) is 0 Å². The Bertz CT molecular complexity index is 792. The molecule has 1 atom stereocenters. The van der Waals surface area contributed by atoms with Crippen molar-refractivity contribution in [2.45, 2.75) is 18.9 Å². The van der Waals surface area contributed by atoms with Crippen molar-refractivity contribution in [3.8, 4) is 5.75 Å². The number of likely N-dealkylation sites (tertiary alicyclic amines) is 1. The van der Waals surface area contributed by atoms with Crippen molar-refractivity contribution in [1.29, 1.82) is 0 Å². The van der Waals surface area contributed by atoms with E-state index in [0.29, 0.717) is 23.4 Å². The van der Waals surface area contributed by atoms with Crippen LogP contribution in [-0.4, -0.2) is 40.4 Å². The van der Waals surface area contributed by atoms with Crippen molar-refractivity contribution in [1.82, 2.24) is 14.5 Å². The second-order valence-corrected chi connectivity index (χ2v) is 5.42. The number of hydrogen-bond donors (Lipinski definition) is 1. The molecule has 1 aliphatic heterocycles. The van der Waals surface area contributed by atoms with E-state index in [1.165, 1.54) is 11.9 Å². The third-order valence-corrected chi connectivity index (χ3v) is 4.16. The standard InChI is InChI=1S/C14H15N3O3S/c1-16-12(18)6-5-11(13(16)19)17-10-4-3-8(20-2)7-9(10)15-14(17)21/h3-4,7,11H,5-6H2,1-2H3,(H,15,21). The van der Waals surface area contributed by atoms with Crippen molar-refractivity contribution in [2.24, 2.45) is 0 Å². The summed E-state index contributed by atoms with van der Waals surface area (Å²) < 4.78 is 7.44. The molecule has 21 heavy (non-hydrogen) atoms. The van der Waals surface area contributed by atoms with Gasteiger partial charge in [0.2, 0.25) is 5.91 Å². The Morgan fingerprint density at radius 3 is 2.86 bits per heavy atom. The van der Waals surface area contributed by atoms with Crippen molar-refractivity contribution in [3.05, 3.63) is 23.0 Å². The number of imidazole rings is 1. The number of aromatic amines is 1. The molecular formula is C14H15N3O3S. The minimum absolute atomic E-state index is 0.149. The number of nitrogens with zero attached hydrogens (tertiary/aromatic N) is 2. The minimum atomic E-state index is -0.442. The molecule has 0 saturated carbocycles. The van der Waals surface area contributed by atoms with Crippen LogP contribution >= 0.6 is 12.2 Å². The molecule has 1 saturated heterocycles. The van der Waals surface area contributed by atoms with Gasteiger partial charge >= 0.3 is 0 Å². The summed E-state index contributed by atoms with van der Waals surface area (Å²) in [6.07, 6.45) is 0.812. The number of ether oxygens (including phenoxy) is 1. The summed E-state index contributed by atoms with van der Waals surface area (Å²) in [6, 6.07) is 5.08. The van der Waals surface area contributed by atoms with E-state index in [4.69, 9.17) is 17.0 Å². The van der Waals surface area contributed by atoms with E-state index in [9.17, 15) is 9.59 Å². The van der Waals surface area contributed by atoms with E-state index in [2.05, 4.69) is 4.98 Å². The van der Waals surface area contributed by atoms with Crippen LogP contribution in [0.4, 0.5) is 0 Å². The molecule has 2 amide bonds. The van der Waals surface area contributed by atoms with Gasteiger partial charge in [-0.25, -0.2) is 0 Å². The number of fused-ring (bicyclic) bond motifs is 1. The maximum atomic E-state index is 12.4. The number of benzene rings is 1. The molecule has 1 fully saturated rings. The summed E-state index contributed by atoms with van der Waals surface area (Å²) in [4.78, 5) is 28.2. The predicted molar refractivity (Wildman–Crippen MR) is 79.7 cm³/mol. The van der Waals surface area contributed by atoms with Crippen molar-refractivity contribution >= 4 is 35.1 Å². The molecule has 1 aliphatic rings. The summed E-state index contributed by atoms with van der Waals surface area (Å²) in [7, 11) is 3.11. The number of methoxy groups -OCH3 is 1. The molecule has 0 spiro atoms. The average molecular weight is 305 g/mol. The summed E-state index contributed by atoms with van der Waals surface area (Å²) in [5.74, 6) is 0.344. The van der Waals surface area contributed by atoms with Gasteiger partial charge in [-0.1, -0.05) is 0 Å². The van der Waals surface area contributed by atoms with Crippen molar-refractivity contribution in [2.75, 3.05) is 14.2 Å². The van der Waals surface area contributed by atoms with Crippen LogP contribution in [0, 0.1) is 4.77 Å². The maximum absolute atomic E-state index is 12.4. The molecule has 2 heterocycles. The summed E-state index contributed by atoms with van der Waals surface area (Å²) >= 11 is 5.35. The summed E-state index contributed by atoms with van der Waals surface area (Å²) in [6.45, 7) is 0. The number of likely N-dealkylation sites (N-methyl/N-ethyl adjacent to an activating group) is 1. The molecule has 7 heteroatoms. The van der Waals surface area contributed by atoms with Gasteiger partial charge in [0.05, 0.1) is 18.1 Å². The van der Waals surface area contributed by atoms with Gasteiger partial charge in [-0.15, -0.1) is 0 Å². The van der Waals surface area contributed by atoms with Crippen LogP contribution in [0.2, 0.25) is 0 Å². The highest BCUT2D eigenvalue weighted by Crippen LogP contribution is 2.29. The Morgan fingerprint density at radius 1 is 1.38 bits per heavy atom. The lowest BCUT2D eigenvalue weighted by Gasteiger charge is -2.28. The number of nitrogens with one attached hydrogen (secondary N) is 1. The zero-order valence-corrected chi connectivity index (χ0v) is 12.6. The Labute approximate surface area is 126 Å². The number of rotatable bonds is 2. The highest BCUT2D eigenvalue weighted by molar-refractivity contribution is 7.71. The summed E-state index contributed by atoms with van der Waals surface area (Å²) in [5.41, 5.74) is 1.65. The zero-order valence-electron chi connectivity index (χ0n) is 11.8. The molecule has 110 valence electrons. The minimum Gasteiger partial charge on any atom is -0.497 e. The molecule has 1 unspecified atom stereocenters. The van der Waals surface area contributed by atoms with Crippen molar-refractivity contribution < 1.29 is 14.3 Å². The average Bonchev–Trinajstić information content (AvgIpc) is 2.80. The van der Waals surface area contributed by atoms with E-state index >= 15 is 0 Å². The lowest BCUT2D eigenvalue weighted by molar-refractivity contribution is -0.149. The lowest BCUT2D eigenvalue weighted by Crippen LogP contribution is -2.43. The quantitative estimate of drug-likeness (QED) is 0.681. The van der Waals surface area contributed by atoms with Gasteiger partial charge in [0.15, 0.2) is 4.77 Å². The largest absolute Gasteiger partial charge is 0.497 e. The van der Waals surface area contributed by atoms with Crippen LogP contribution in [0.25, 0.3) is 11.0 Å². The van der Waals surface area contributed by atoms with Gasteiger partial charge in [0, 0.05) is 19.5 Å². The number of imide groups is 1. The summed E-state index contributed by atoms with van der Waals surface area (Å²) in [5, 5.41) is 0. The highest BCUT2D eigenvalue weighted by atomic mass is 32.1. The molecule has 1 N–H and O–H groups in total.